The molecule has 3 aromatic rings. The molecule has 1 aromatic heterocycles. The maximum Gasteiger partial charge on any atom is 0.237 e. The van der Waals surface area contributed by atoms with Crippen LogP contribution in [-0.4, -0.2) is 20.3 Å². The molecule has 3 rings (SSSR count). The first-order chi connectivity index (χ1) is 11.7. The smallest absolute Gasteiger partial charge is 0.237 e. The van der Waals surface area contributed by atoms with E-state index in [1.54, 1.807) is 12.3 Å². The number of hydrogen-bond donors (Lipinski definition) is 0. The van der Waals surface area contributed by atoms with Gasteiger partial charge in [-0.1, -0.05) is 42.5 Å². The molecular weight excluding hydrogens is 298 g/mol. The molecule has 2 aromatic carbocycles. The van der Waals surface area contributed by atoms with Gasteiger partial charge in [-0.05, 0) is 17.7 Å². The molecule has 0 aliphatic heterocycles. The molecule has 0 aliphatic rings. The Kier molecular flexibility index (Phi) is 4.44. The highest BCUT2D eigenvalue weighted by Gasteiger charge is 2.11. The lowest BCUT2D eigenvalue weighted by molar-refractivity contribution is 0.592. The maximum absolute atomic E-state index is 9.28. The van der Waals surface area contributed by atoms with Gasteiger partial charge in [0.05, 0.1) is 0 Å². The second kappa shape index (κ2) is 6.84. The van der Waals surface area contributed by atoms with E-state index in [9.17, 15) is 5.26 Å². The lowest BCUT2D eigenvalue weighted by Gasteiger charge is -2.11. The predicted molar refractivity (Wildman–Crippen MR) is 96.9 cm³/mol. The van der Waals surface area contributed by atoms with Crippen LogP contribution >= 0.6 is 0 Å². The van der Waals surface area contributed by atoms with Crippen LogP contribution in [0.25, 0.3) is 11.3 Å². The minimum Gasteiger partial charge on any atom is -0.437 e. The zero-order chi connectivity index (χ0) is 16.9. The Morgan fingerprint density at radius 2 is 1.75 bits per heavy atom. The van der Waals surface area contributed by atoms with Crippen molar-refractivity contribution in [3.05, 3.63) is 71.8 Å². The van der Waals surface area contributed by atoms with E-state index in [2.05, 4.69) is 11.1 Å². The molecule has 0 radical (unpaired) electrons. The van der Waals surface area contributed by atoms with Crippen LogP contribution in [-0.2, 0) is 0 Å². The molecule has 0 N–H and O–H groups in total. The third-order valence-corrected chi connectivity index (χ3v) is 3.63. The van der Waals surface area contributed by atoms with Crippen molar-refractivity contribution in [1.82, 2.24) is 0 Å². The molecule has 0 spiro atoms. The van der Waals surface area contributed by atoms with Crippen LogP contribution in [0.2, 0.25) is 0 Å². The van der Waals surface area contributed by atoms with Crippen molar-refractivity contribution in [3.63, 3.8) is 0 Å². The average Bonchev–Trinajstić information content (AvgIpc) is 3.04. The summed E-state index contributed by atoms with van der Waals surface area (Å²) in [6.45, 7) is 0. The summed E-state index contributed by atoms with van der Waals surface area (Å²) in [6.07, 6.45) is 1.70. The van der Waals surface area contributed by atoms with Gasteiger partial charge in [0.2, 0.25) is 5.88 Å². The molecule has 0 bridgehead atoms. The van der Waals surface area contributed by atoms with Crippen LogP contribution < -0.4 is 4.90 Å². The summed E-state index contributed by atoms with van der Waals surface area (Å²) in [4.78, 5) is 6.38. The lowest BCUT2D eigenvalue weighted by atomic mass is 10.1. The molecule has 0 amide bonds. The van der Waals surface area contributed by atoms with Crippen molar-refractivity contribution in [2.75, 3.05) is 19.0 Å². The summed E-state index contributed by atoms with van der Waals surface area (Å²) in [5, 5.41) is 9.28. The van der Waals surface area contributed by atoms with Gasteiger partial charge in [0.25, 0.3) is 0 Å². The monoisotopic (exact) mass is 315 g/mol. The minimum absolute atomic E-state index is 0.327. The SMILES string of the molecule is CN(C)c1ccc(/C=N/c2oc(-c3ccccc3)cc2C#N)cc1. The Morgan fingerprint density at radius 1 is 1.04 bits per heavy atom. The van der Waals surface area contributed by atoms with Gasteiger partial charge in [-0.3, -0.25) is 0 Å². The number of anilines is 1. The van der Waals surface area contributed by atoms with Gasteiger partial charge in [-0.2, -0.15) is 5.26 Å². The van der Waals surface area contributed by atoms with Gasteiger partial charge in [-0.15, -0.1) is 0 Å². The normalized spacial score (nSPS) is 10.7. The Balaban J connectivity index is 1.87. The van der Waals surface area contributed by atoms with Crippen molar-refractivity contribution < 1.29 is 4.42 Å². The number of benzene rings is 2. The summed E-state index contributed by atoms with van der Waals surface area (Å²) in [5.74, 6) is 0.968. The first-order valence-corrected chi connectivity index (χ1v) is 7.58. The molecule has 0 unspecified atom stereocenters. The average molecular weight is 315 g/mol. The van der Waals surface area contributed by atoms with Gasteiger partial charge >= 0.3 is 0 Å². The Hall–Kier alpha value is -3.32. The molecule has 4 nitrogen and oxygen atoms in total. The summed E-state index contributed by atoms with van der Waals surface area (Å²) >= 11 is 0. The van der Waals surface area contributed by atoms with Crippen LogP contribution in [0.1, 0.15) is 11.1 Å². The van der Waals surface area contributed by atoms with E-state index < -0.39 is 0 Å². The standard InChI is InChI=1S/C20H17N3O/c1-23(2)18-10-8-15(9-11-18)14-22-20-17(13-21)12-19(24-20)16-6-4-3-5-7-16/h3-12,14H,1-2H3/b22-14+. The van der Waals surface area contributed by atoms with Gasteiger partial charge in [0.1, 0.15) is 17.4 Å². The van der Waals surface area contributed by atoms with E-state index in [1.807, 2.05) is 73.6 Å². The largest absolute Gasteiger partial charge is 0.437 e. The first kappa shape index (κ1) is 15.6. The van der Waals surface area contributed by atoms with Gasteiger partial charge in [0, 0.05) is 37.6 Å². The molecule has 24 heavy (non-hydrogen) atoms. The van der Waals surface area contributed by atoms with E-state index in [1.165, 1.54) is 0 Å². The van der Waals surface area contributed by atoms with Gasteiger partial charge in [-0.25, -0.2) is 4.99 Å². The first-order valence-electron chi connectivity index (χ1n) is 7.58. The van der Waals surface area contributed by atoms with E-state index >= 15 is 0 Å². The number of hydrogen-bond acceptors (Lipinski definition) is 4. The second-order valence-electron chi connectivity index (χ2n) is 5.55. The number of nitrogens with zero attached hydrogens (tertiary/aromatic N) is 3. The lowest BCUT2D eigenvalue weighted by Crippen LogP contribution is -2.08. The molecule has 4 heteroatoms. The molecule has 0 fully saturated rings. The third kappa shape index (κ3) is 3.36. The second-order valence-corrected chi connectivity index (χ2v) is 5.55. The fourth-order valence-electron chi connectivity index (χ4n) is 2.29. The van der Waals surface area contributed by atoms with Crippen molar-refractivity contribution >= 4 is 17.8 Å². The predicted octanol–water partition coefficient (Wildman–Crippen LogP) is 4.63. The molecule has 0 saturated heterocycles. The number of nitriles is 1. The highest BCUT2D eigenvalue weighted by atomic mass is 16.4. The van der Waals surface area contributed by atoms with E-state index in [0.717, 1.165) is 16.8 Å². The summed E-state index contributed by atoms with van der Waals surface area (Å²) in [7, 11) is 3.99. The number of aliphatic imine (C=N–C) groups is 1. The highest BCUT2D eigenvalue weighted by Crippen LogP contribution is 2.30. The fourth-order valence-corrected chi connectivity index (χ4v) is 2.29. The molecular formula is C20H17N3O. The quantitative estimate of drug-likeness (QED) is 0.659. The van der Waals surface area contributed by atoms with Crippen LogP contribution in [0, 0.1) is 11.3 Å². The molecule has 118 valence electrons. The molecule has 0 atom stereocenters. The van der Waals surface area contributed by atoms with Gasteiger partial charge in [0.15, 0.2) is 0 Å². The number of furan rings is 1. The highest BCUT2D eigenvalue weighted by molar-refractivity contribution is 5.83. The topological polar surface area (TPSA) is 52.5 Å². The van der Waals surface area contributed by atoms with Crippen LogP contribution in [0.5, 0.6) is 0 Å². The zero-order valence-electron chi connectivity index (χ0n) is 13.6. The Labute approximate surface area is 141 Å². The summed E-state index contributed by atoms with van der Waals surface area (Å²) in [5.41, 5.74) is 3.41. The van der Waals surface area contributed by atoms with Crippen molar-refractivity contribution in [3.8, 4) is 17.4 Å². The van der Waals surface area contributed by atoms with Crippen molar-refractivity contribution in [2.24, 2.45) is 4.99 Å². The molecule has 0 aliphatic carbocycles. The third-order valence-electron chi connectivity index (χ3n) is 3.63. The molecule has 1 heterocycles. The zero-order valence-corrected chi connectivity index (χ0v) is 13.6. The Bertz CT molecular complexity index is 885. The maximum atomic E-state index is 9.28. The van der Waals surface area contributed by atoms with Crippen molar-refractivity contribution in [1.29, 1.82) is 5.26 Å². The van der Waals surface area contributed by atoms with Crippen LogP contribution in [0.15, 0.2) is 70.1 Å². The van der Waals surface area contributed by atoms with Crippen LogP contribution in [0.3, 0.4) is 0 Å². The van der Waals surface area contributed by atoms with E-state index in [0.29, 0.717) is 17.2 Å². The van der Waals surface area contributed by atoms with Crippen LogP contribution in [0.4, 0.5) is 11.6 Å². The van der Waals surface area contributed by atoms with E-state index in [4.69, 9.17) is 4.42 Å². The van der Waals surface area contributed by atoms with E-state index in [-0.39, 0.29) is 0 Å². The summed E-state index contributed by atoms with van der Waals surface area (Å²) < 4.78 is 5.75. The minimum atomic E-state index is 0.327. The molecule has 0 saturated carbocycles. The fraction of sp³-hybridized carbons (Fsp3) is 0.100. The number of rotatable bonds is 4. The Morgan fingerprint density at radius 3 is 2.38 bits per heavy atom. The van der Waals surface area contributed by atoms with Crippen molar-refractivity contribution in [2.45, 2.75) is 0 Å². The summed E-state index contributed by atoms with van der Waals surface area (Å²) in [6, 6.07) is 21.5. The van der Waals surface area contributed by atoms with Gasteiger partial charge < -0.3 is 9.32 Å².